The maximum atomic E-state index is 12.4. The Morgan fingerprint density at radius 1 is 1.09 bits per heavy atom. The summed E-state index contributed by atoms with van der Waals surface area (Å²) in [7, 11) is 3.36. The fraction of sp³-hybridized carbons (Fsp3) is 0.357. The molecule has 2 heterocycles. The zero-order chi connectivity index (χ0) is 24.6. The van der Waals surface area contributed by atoms with E-state index in [1.54, 1.807) is 38.7 Å². The van der Waals surface area contributed by atoms with Crippen LogP contribution in [0.15, 0.2) is 67.0 Å². The molecule has 4 rings (SSSR count). The lowest BCUT2D eigenvalue weighted by atomic mass is 9.79. The monoisotopic (exact) mass is 474 g/mol. The number of methoxy groups -OCH3 is 2. The minimum atomic E-state index is -0.216. The largest absolute Gasteiger partial charge is 0.493 e. The zero-order valence-corrected chi connectivity index (χ0v) is 20.7. The van der Waals surface area contributed by atoms with Gasteiger partial charge in [-0.25, -0.2) is 4.79 Å². The SMILES string of the molecule is CCC(c1ccccc1)C1c2cc(OC)c(OC)cc2CCN1CCNC(=O)Nc1ccncc1. The van der Waals surface area contributed by atoms with Crippen molar-refractivity contribution in [2.45, 2.75) is 31.7 Å². The zero-order valence-electron chi connectivity index (χ0n) is 20.7. The van der Waals surface area contributed by atoms with Gasteiger partial charge in [0.2, 0.25) is 0 Å². The van der Waals surface area contributed by atoms with Crippen molar-refractivity contribution in [2.75, 3.05) is 39.2 Å². The summed E-state index contributed by atoms with van der Waals surface area (Å²) < 4.78 is 11.2. The lowest BCUT2D eigenvalue weighted by Crippen LogP contribution is -2.43. The molecule has 7 nitrogen and oxygen atoms in total. The number of hydrogen-bond donors (Lipinski definition) is 2. The molecule has 2 atom stereocenters. The lowest BCUT2D eigenvalue weighted by molar-refractivity contribution is 0.157. The Balaban J connectivity index is 1.56. The number of amides is 2. The molecule has 0 radical (unpaired) electrons. The van der Waals surface area contributed by atoms with E-state index in [2.05, 4.69) is 69.9 Å². The molecule has 0 bridgehead atoms. The molecule has 35 heavy (non-hydrogen) atoms. The summed E-state index contributed by atoms with van der Waals surface area (Å²) in [6.07, 6.45) is 5.22. The van der Waals surface area contributed by atoms with Crippen molar-refractivity contribution in [3.8, 4) is 11.5 Å². The first-order valence-electron chi connectivity index (χ1n) is 12.1. The van der Waals surface area contributed by atoms with Gasteiger partial charge in [0.05, 0.1) is 14.2 Å². The molecule has 0 saturated carbocycles. The van der Waals surface area contributed by atoms with E-state index in [0.29, 0.717) is 12.5 Å². The molecule has 0 spiro atoms. The van der Waals surface area contributed by atoms with Crippen LogP contribution in [0.5, 0.6) is 11.5 Å². The number of rotatable bonds is 9. The number of carbonyl (C=O) groups is 1. The van der Waals surface area contributed by atoms with E-state index in [-0.39, 0.29) is 12.1 Å². The van der Waals surface area contributed by atoms with Crippen LogP contribution in [0.4, 0.5) is 10.5 Å². The smallest absolute Gasteiger partial charge is 0.319 e. The van der Waals surface area contributed by atoms with Crippen molar-refractivity contribution in [3.63, 3.8) is 0 Å². The molecule has 2 amide bonds. The summed E-state index contributed by atoms with van der Waals surface area (Å²) >= 11 is 0. The van der Waals surface area contributed by atoms with Crippen LogP contribution >= 0.6 is 0 Å². The quantitative estimate of drug-likeness (QED) is 0.456. The first-order valence-corrected chi connectivity index (χ1v) is 12.1. The Bertz CT molecular complexity index is 1110. The van der Waals surface area contributed by atoms with E-state index >= 15 is 0 Å². The van der Waals surface area contributed by atoms with Crippen LogP contribution in [-0.2, 0) is 6.42 Å². The van der Waals surface area contributed by atoms with Gasteiger partial charge in [0.25, 0.3) is 0 Å². The van der Waals surface area contributed by atoms with Crippen molar-refractivity contribution in [3.05, 3.63) is 83.7 Å². The number of anilines is 1. The van der Waals surface area contributed by atoms with Crippen LogP contribution in [0.25, 0.3) is 0 Å². The van der Waals surface area contributed by atoms with Crippen molar-refractivity contribution in [1.29, 1.82) is 0 Å². The molecule has 2 N–H and O–H groups in total. The topological polar surface area (TPSA) is 75.7 Å². The van der Waals surface area contributed by atoms with Gasteiger partial charge in [-0.1, -0.05) is 37.3 Å². The van der Waals surface area contributed by atoms with E-state index in [1.807, 2.05) is 0 Å². The van der Waals surface area contributed by atoms with Gasteiger partial charge in [0, 0.05) is 49.7 Å². The van der Waals surface area contributed by atoms with Crippen LogP contribution < -0.4 is 20.1 Å². The number of nitrogens with zero attached hydrogens (tertiary/aromatic N) is 2. The molecule has 1 aliphatic heterocycles. The Hall–Kier alpha value is -3.58. The standard InChI is InChI=1S/C28H34N4O3/c1-4-23(20-8-6-5-7-9-20)27-24-19-26(35-3)25(34-2)18-21(24)12-16-32(27)17-15-30-28(33)31-22-10-13-29-14-11-22/h5-11,13-14,18-19,23,27H,4,12,15-17H2,1-3H3,(H2,29,30,31,33). The highest BCUT2D eigenvalue weighted by Gasteiger charge is 2.34. The minimum Gasteiger partial charge on any atom is -0.493 e. The molecule has 0 aliphatic carbocycles. The van der Waals surface area contributed by atoms with Crippen LogP contribution in [0, 0.1) is 0 Å². The van der Waals surface area contributed by atoms with Gasteiger partial charge in [-0.2, -0.15) is 0 Å². The summed E-state index contributed by atoms with van der Waals surface area (Å²) in [5, 5.41) is 5.86. The summed E-state index contributed by atoms with van der Waals surface area (Å²) in [5.74, 6) is 1.82. The normalized spacial score (nSPS) is 16.1. The minimum absolute atomic E-state index is 0.163. The van der Waals surface area contributed by atoms with Crippen molar-refractivity contribution >= 4 is 11.7 Å². The van der Waals surface area contributed by atoms with E-state index in [0.717, 1.165) is 43.1 Å². The Morgan fingerprint density at radius 3 is 2.49 bits per heavy atom. The average Bonchev–Trinajstić information content (AvgIpc) is 2.90. The second kappa shape index (κ2) is 11.7. The number of benzene rings is 2. The maximum absolute atomic E-state index is 12.4. The molecule has 3 aromatic rings. The third kappa shape index (κ3) is 5.74. The lowest BCUT2D eigenvalue weighted by Gasteiger charge is -2.42. The molecule has 1 aromatic heterocycles. The van der Waals surface area contributed by atoms with E-state index in [1.165, 1.54) is 16.7 Å². The average molecular weight is 475 g/mol. The molecule has 0 saturated heterocycles. The van der Waals surface area contributed by atoms with Gasteiger partial charge in [-0.05, 0) is 53.8 Å². The number of pyridine rings is 1. The van der Waals surface area contributed by atoms with Gasteiger partial charge in [-0.3, -0.25) is 9.88 Å². The van der Waals surface area contributed by atoms with E-state index in [4.69, 9.17) is 9.47 Å². The Labute approximate surface area is 207 Å². The summed E-state index contributed by atoms with van der Waals surface area (Å²) in [4.78, 5) is 18.9. The third-order valence-electron chi connectivity index (χ3n) is 6.70. The number of ether oxygens (including phenoxy) is 2. The van der Waals surface area contributed by atoms with Crippen LogP contribution in [0.1, 0.15) is 42.0 Å². The van der Waals surface area contributed by atoms with Crippen LogP contribution in [-0.4, -0.2) is 49.8 Å². The molecular formula is C28H34N4O3. The first kappa shape index (κ1) is 24.5. The van der Waals surface area contributed by atoms with Crippen LogP contribution in [0.2, 0.25) is 0 Å². The van der Waals surface area contributed by atoms with Gasteiger partial charge in [0.15, 0.2) is 11.5 Å². The van der Waals surface area contributed by atoms with Crippen molar-refractivity contribution < 1.29 is 14.3 Å². The molecule has 184 valence electrons. The number of aromatic nitrogens is 1. The maximum Gasteiger partial charge on any atom is 0.319 e. The van der Waals surface area contributed by atoms with E-state index in [9.17, 15) is 4.79 Å². The molecular weight excluding hydrogens is 440 g/mol. The van der Waals surface area contributed by atoms with Gasteiger partial charge in [0.1, 0.15) is 0 Å². The Kier molecular flexibility index (Phi) is 8.21. The molecule has 2 aromatic carbocycles. The van der Waals surface area contributed by atoms with Crippen molar-refractivity contribution in [1.82, 2.24) is 15.2 Å². The fourth-order valence-corrected chi connectivity index (χ4v) is 5.02. The van der Waals surface area contributed by atoms with E-state index < -0.39 is 0 Å². The highest BCUT2D eigenvalue weighted by atomic mass is 16.5. The number of carbonyl (C=O) groups excluding carboxylic acids is 1. The summed E-state index contributed by atoms with van der Waals surface area (Å²) in [6, 6.07) is 18.4. The van der Waals surface area contributed by atoms with Gasteiger partial charge >= 0.3 is 6.03 Å². The van der Waals surface area contributed by atoms with Gasteiger partial charge < -0.3 is 20.1 Å². The number of hydrogen-bond acceptors (Lipinski definition) is 5. The predicted molar refractivity (Wildman–Crippen MR) is 138 cm³/mol. The van der Waals surface area contributed by atoms with Crippen molar-refractivity contribution in [2.24, 2.45) is 0 Å². The second-order valence-corrected chi connectivity index (χ2v) is 8.68. The second-order valence-electron chi connectivity index (χ2n) is 8.68. The molecule has 7 heteroatoms. The first-order chi connectivity index (χ1) is 17.1. The molecule has 1 aliphatic rings. The Morgan fingerprint density at radius 2 is 1.80 bits per heavy atom. The third-order valence-corrected chi connectivity index (χ3v) is 6.70. The number of nitrogens with one attached hydrogen (secondary N) is 2. The number of urea groups is 1. The van der Waals surface area contributed by atoms with Gasteiger partial charge in [-0.15, -0.1) is 0 Å². The number of fused-ring (bicyclic) bond motifs is 1. The molecule has 0 fully saturated rings. The summed E-state index contributed by atoms with van der Waals surface area (Å²) in [6.45, 7) is 4.43. The highest BCUT2D eigenvalue weighted by Crippen LogP contribution is 2.45. The molecule has 2 unspecified atom stereocenters. The highest BCUT2D eigenvalue weighted by molar-refractivity contribution is 5.89. The summed E-state index contributed by atoms with van der Waals surface area (Å²) in [5.41, 5.74) is 4.60. The predicted octanol–water partition coefficient (Wildman–Crippen LogP) is 5.01. The fourth-order valence-electron chi connectivity index (χ4n) is 5.02. The van der Waals surface area contributed by atoms with Crippen LogP contribution in [0.3, 0.4) is 0 Å².